The summed E-state index contributed by atoms with van der Waals surface area (Å²) >= 11 is 0. The van der Waals surface area contributed by atoms with Crippen LogP contribution in [0.2, 0.25) is 0 Å². The molecule has 0 radical (unpaired) electrons. The highest BCUT2D eigenvalue weighted by atomic mass is 19.4. The molecule has 0 bridgehead atoms. The second kappa shape index (κ2) is 9.86. The van der Waals surface area contributed by atoms with E-state index in [9.17, 15) is 0 Å². The average Bonchev–Trinajstić information content (AvgIpc) is 2.92. The standard InChI is InChI=1S/C32H20F6/c33-31(34,35)29-25(21-13-5-1-6-14-21)26(22-15-7-2-8-16-22)30(32(36,37)38)28(24-19-11-4-12-20-24)27(29)23-17-9-3-10-18-23/h1-20H. The van der Waals surface area contributed by atoms with Crippen molar-refractivity contribution in [3.63, 3.8) is 0 Å². The molecule has 0 aliphatic carbocycles. The SMILES string of the molecule is FC(F)(F)c1c(-c2ccccc2)c(-c2ccccc2)c(C(F)(F)F)c(-c2ccccc2)c1-c1ccccc1. The first-order chi connectivity index (χ1) is 18.2. The molecule has 0 nitrogen and oxygen atoms in total. The molecule has 0 heterocycles. The van der Waals surface area contributed by atoms with Crippen molar-refractivity contribution in [2.24, 2.45) is 0 Å². The Bertz CT molecular complexity index is 1310. The van der Waals surface area contributed by atoms with Crippen molar-refractivity contribution in [1.29, 1.82) is 0 Å². The van der Waals surface area contributed by atoms with E-state index < -0.39 is 45.7 Å². The highest BCUT2D eigenvalue weighted by Crippen LogP contribution is 2.56. The number of rotatable bonds is 4. The third kappa shape index (κ3) is 4.70. The Morgan fingerprint density at radius 2 is 0.474 bits per heavy atom. The lowest BCUT2D eigenvalue weighted by Crippen LogP contribution is -2.18. The van der Waals surface area contributed by atoms with E-state index in [-0.39, 0.29) is 22.3 Å². The number of alkyl halides is 6. The second-order valence-corrected chi connectivity index (χ2v) is 8.71. The van der Waals surface area contributed by atoms with E-state index in [0.29, 0.717) is 0 Å². The normalized spacial score (nSPS) is 11.9. The second-order valence-electron chi connectivity index (χ2n) is 8.71. The zero-order valence-corrected chi connectivity index (χ0v) is 19.8. The van der Waals surface area contributed by atoms with Gasteiger partial charge in [-0.25, -0.2) is 0 Å². The molecule has 5 aromatic carbocycles. The van der Waals surface area contributed by atoms with Crippen molar-refractivity contribution >= 4 is 0 Å². The quantitative estimate of drug-likeness (QED) is 0.208. The first-order valence-electron chi connectivity index (χ1n) is 11.8. The van der Waals surface area contributed by atoms with E-state index in [1.54, 1.807) is 24.3 Å². The Balaban J connectivity index is 2.16. The van der Waals surface area contributed by atoms with Gasteiger partial charge in [0.25, 0.3) is 0 Å². The molecule has 0 saturated carbocycles. The molecule has 5 aromatic rings. The molecular formula is C32H20F6. The molecule has 6 heteroatoms. The van der Waals surface area contributed by atoms with Gasteiger partial charge in [0.1, 0.15) is 0 Å². The molecule has 0 fully saturated rings. The van der Waals surface area contributed by atoms with Crippen LogP contribution in [0.4, 0.5) is 26.3 Å². The van der Waals surface area contributed by atoms with Gasteiger partial charge in [0.15, 0.2) is 0 Å². The topological polar surface area (TPSA) is 0 Å². The lowest BCUT2D eigenvalue weighted by Gasteiger charge is -2.29. The average molecular weight is 519 g/mol. The summed E-state index contributed by atoms with van der Waals surface area (Å²) in [5.41, 5.74) is -4.07. The molecule has 0 aliphatic rings. The highest BCUT2D eigenvalue weighted by molar-refractivity contribution is 6.02. The van der Waals surface area contributed by atoms with Gasteiger partial charge < -0.3 is 0 Å². The van der Waals surface area contributed by atoms with Crippen LogP contribution in [-0.2, 0) is 12.4 Å². The Morgan fingerprint density at radius 1 is 0.289 bits per heavy atom. The predicted molar refractivity (Wildman–Crippen MR) is 138 cm³/mol. The molecule has 0 aliphatic heterocycles. The van der Waals surface area contributed by atoms with Gasteiger partial charge in [-0.05, 0) is 22.3 Å². The lowest BCUT2D eigenvalue weighted by molar-refractivity contribution is -0.139. The van der Waals surface area contributed by atoms with Crippen molar-refractivity contribution in [2.45, 2.75) is 12.4 Å². The van der Waals surface area contributed by atoms with Crippen LogP contribution in [0.1, 0.15) is 11.1 Å². The van der Waals surface area contributed by atoms with Gasteiger partial charge in [-0.3, -0.25) is 0 Å². The summed E-state index contributed by atoms with van der Waals surface area (Å²) in [6.45, 7) is 0. The Kier molecular flexibility index (Phi) is 6.57. The maximum absolute atomic E-state index is 15.2. The van der Waals surface area contributed by atoms with E-state index in [4.69, 9.17) is 0 Å². The third-order valence-electron chi connectivity index (χ3n) is 6.32. The van der Waals surface area contributed by atoms with Gasteiger partial charge in [0.05, 0.1) is 11.1 Å². The summed E-state index contributed by atoms with van der Waals surface area (Å²) in [7, 11) is 0. The lowest BCUT2D eigenvalue weighted by atomic mass is 9.77. The molecular weight excluding hydrogens is 498 g/mol. The zero-order chi connectivity index (χ0) is 26.9. The van der Waals surface area contributed by atoms with Gasteiger partial charge >= 0.3 is 12.4 Å². The van der Waals surface area contributed by atoms with Crippen LogP contribution in [0.25, 0.3) is 44.5 Å². The molecule has 0 N–H and O–H groups in total. The van der Waals surface area contributed by atoms with E-state index in [0.717, 1.165) is 0 Å². The van der Waals surface area contributed by atoms with Gasteiger partial charge in [-0.2, -0.15) is 26.3 Å². The van der Waals surface area contributed by atoms with E-state index in [1.807, 2.05) is 0 Å². The molecule has 0 saturated heterocycles. The predicted octanol–water partition coefficient (Wildman–Crippen LogP) is 10.4. The van der Waals surface area contributed by atoms with Crippen molar-refractivity contribution in [2.75, 3.05) is 0 Å². The van der Waals surface area contributed by atoms with E-state index in [1.165, 1.54) is 97.1 Å². The number of hydrogen-bond donors (Lipinski definition) is 0. The minimum atomic E-state index is -4.98. The fourth-order valence-corrected chi connectivity index (χ4v) is 4.89. The zero-order valence-electron chi connectivity index (χ0n) is 19.8. The summed E-state index contributed by atoms with van der Waals surface area (Å²) in [6, 6.07) is 29.9. The minimum absolute atomic E-state index is 0.0426. The number of halogens is 6. The first kappa shape index (κ1) is 25.3. The fraction of sp³-hybridized carbons (Fsp3) is 0.0625. The van der Waals surface area contributed by atoms with Gasteiger partial charge in [-0.15, -0.1) is 0 Å². The van der Waals surface area contributed by atoms with Crippen molar-refractivity contribution < 1.29 is 26.3 Å². The number of benzene rings is 5. The summed E-state index contributed by atoms with van der Waals surface area (Å²) in [5.74, 6) is 0. The molecule has 0 atom stereocenters. The van der Waals surface area contributed by atoms with Crippen molar-refractivity contribution in [3.05, 3.63) is 132 Å². The van der Waals surface area contributed by atoms with Gasteiger partial charge in [-0.1, -0.05) is 121 Å². The van der Waals surface area contributed by atoms with Gasteiger partial charge in [0, 0.05) is 22.3 Å². The highest BCUT2D eigenvalue weighted by Gasteiger charge is 2.46. The number of hydrogen-bond acceptors (Lipinski definition) is 0. The largest absolute Gasteiger partial charge is 0.417 e. The van der Waals surface area contributed by atoms with Crippen LogP contribution in [-0.4, -0.2) is 0 Å². The third-order valence-corrected chi connectivity index (χ3v) is 6.32. The Morgan fingerprint density at radius 3 is 0.632 bits per heavy atom. The smallest absolute Gasteiger partial charge is 0.166 e. The maximum Gasteiger partial charge on any atom is 0.417 e. The Hall–Kier alpha value is -4.32. The molecule has 0 aromatic heterocycles. The molecule has 38 heavy (non-hydrogen) atoms. The van der Waals surface area contributed by atoms with Crippen molar-refractivity contribution in [3.8, 4) is 44.5 Å². The molecule has 0 unspecified atom stereocenters. The maximum atomic E-state index is 15.2. The van der Waals surface area contributed by atoms with E-state index in [2.05, 4.69) is 0 Å². The van der Waals surface area contributed by atoms with Crippen LogP contribution < -0.4 is 0 Å². The van der Waals surface area contributed by atoms with Crippen LogP contribution in [0.5, 0.6) is 0 Å². The molecule has 0 spiro atoms. The summed E-state index contributed by atoms with van der Waals surface area (Å²) < 4.78 is 91.3. The van der Waals surface area contributed by atoms with Crippen molar-refractivity contribution in [1.82, 2.24) is 0 Å². The van der Waals surface area contributed by atoms with Crippen LogP contribution >= 0.6 is 0 Å². The van der Waals surface area contributed by atoms with Crippen LogP contribution in [0.3, 0.4) is 0 Å². The summed E-state index contributed by atoms with van der Waals surface area (Å²) in [4.78, 5) is 0. The molecule has 0 amide bonds. The van der Waals surface area contributed by atoms with Crippen LogP contribution in [0.15, 0.2) is 121 Å². The van der Waals surface area contributed by atoms with Crippen LogP contribution in [0, 0.1) is 0 Å². The molecule has 5 rings (SSSR count). The fourth-order valence-electron chi connectivity index (χ4n) is 4.89. The van der Waals surface area contributed by atoms with Gasteiger partial charge in [0.2, 0.25) is 0 Å². The monoisotopic (exact) mass is 518 g/mol. The summed E-state index contributed by atoms with van der Waals surface area (Å²) in [6.07, 6.45) is -9.96. The first-order valence-corrected chi connectivity index (χ1v) is 11.8. The van der Waals surface area contributed by atoms with E-state index >= 15 is 26.3 Å². The minimum Gasteiger partial charge on any atom is -0.166 e. The summed E-state index contributed by atoms with van der Waals surface area (Å²) in [5, 5.41) is 0. The Labute approximate surface area is 215 Å². The molecule has 190 valence electrons.